The summed E-state index contributed by atoms with van der Waals surface area (Å²) in [4.78, 5) is 0. The summed E-state index contributed by atoms with van der Waals surface area (Å²) in [7, 11) is 1.23. The van der Waals surface area contributed by atoms with Crippen molar-refractivity contribution in [3.05, 3.63) is 0 Å². The Balaban J connectivity index is 2.59. The van der Waals surface area contributed by atoms with Crippen molar-refractivity contribution < 1.29 is 12.8 Å². The van der Waals surface area contributed by atoms with Gasteiger partial charge in [-0.15, -0.1) is 0 Å². The summed E-state index contributed by atoms with van der Waals surface area (Å²) in [5.41, 5.74) is -1.62. The Morgan fingerprint density at radius 3 is 2.36 bits per heavy atom. The zero-order valence-electron chi connectivity index (χ0n) is 6.18. The van der Waals surface area contributed by atoms with Crippen LogP contribution in [0.4, 0.5) is 4.39 Å². The molecule has 1 atom stereocenters. The Bertz CT molecular complexity index is 243. The van der Waals surface area contributed by atoms with Crippen LogP contribution in [0.1, 0.15) is 19.8 Å². The van der Waals surface area contributed by atoms with Crippen LogP contribution < -0.4 is 0 Å². The monoisotopic (exact) mass is 200 g/mol. The Morgan fingerprint density at radius 1 is 1.64 bits per heavy atom. The smallest absolute Gasteiger partial charge is 0.235 e. The van der Waals surface area contributed by atoms with Gasteiger partial charge in [-0.2, -0.15) is 0 Å². The first kappa shape index (κ1) is 9.26. The van der Waals surface area contributed by atoms with Gasteiger partial charge < -0.3 is 0 Å². The molecule has 2 nitrogen and oxygen atoms in total. The molecule has 0 bridgehead atoms. The molecule has 0 heterocycles. The fraction of sp³-hybridized carbons (Fsp3) is 1.00. The number of hydrogen-bond acceptors (Lipinski definition) is 2. The van der Waals surface area contributed by atoms with E-state index in [9.17, 15) is 12.8 Å². The molecule has 1 unspecified atom stereocenters. The minimum atomic E-state index is -3.69. The third kappa shape index (κ3) is 2.95. The maximum Gasteiger partial charge on any atom is 0.235 e. The molecule has 0 aliphatic heterocycles. The summed E-state index contributed by atoms with van der Waals surface area (Å²) in [6, 6.07) is 0. The van der Waals surface area contributed by atoms with E-state index >= 15 is 0 Å². The van der Waals surface area contributed by atoms with Gasteiger partial charge in [0.25, 0.3) is 0 Å². The molecule has 1 aliphatic rings. The van der Waals surface area contributed by atoms with Gasteiger partial charge in [0.05, 0.1) is 5.75 Å². The fourth-order valence-electron chi connectivity index (χ4n) is 1.14. The third-order valence-electron chi connectivity index (χ3n) is 1.88. The molecule has 1 aliphatic carbocycles. The van der Waals surface area contributed by atoms with E-state index in [1.54, 1.807) is 0 Å². The van der Waals surface area contributed by atoms with E-state index in [0.29, 0.717) is 0 Å². The van der Waals surface area contributed by atoms with Crippen LogP contribution in [0.5, 0.6) is 0 Å². The van der Waals surface area contributed by atoms with Crippen LogP contribution in [-0.2, 0) is 9.05 Å². The van der Waals surface area contributed by atoms with Crippen LogP contribution in [0.25, 0.3) is 0 Å². The molecular formula is C6H10ClFO2S. The number of hydrogen-bond donors (Lipinski definition) is 0. The van der Waals surface area contributed by atoms with Gasteiger partial charge in [0.1, 0.15) is 5.67 Å². The molecule has 1 fully saturated rings. The second kappa shape index (κ2) is 2.59. The maximum atomic E-state index is 13.3. The molecule has 0 spiro atoms. The van der Waals surface area contributed by atoms with E-state index in [0.717, 1.165) is 12.8 Å². The van der Waals surface area contributed by atoms with Crippen LogP contribution in [-0.4, -0.2) is 19.8 Å². The van der Waals surface area contributed by atoms with Crippen LogP contribution in [0.3, 0.4) is 0 Å². The number of rotatable bonds is 3. The molecular weight excluding hydrogens is 191 g/mol. The van der Waals surface area contributed by atoms with Crippen molar-refractivity contribution in [2.75, 3.05) is 5.75 Å². The summed E-state index contributed by atoms with van der Waals surface area (Å²) in [6.45, 7) is 1.30. The summed E-state index contributed by atoms with van der Waals surface area (Å²) < 4.78 is 34.3. The molecule has 0 saturated heterocycles. The Hall–Kier alpha value is 0.170. The maximum absolute atomic E-state index is 13.3. The Morgan fingerprint density at radius 2 is 2.09 bits per heavy atom. The zero-order chi connectivity index (χ0) is 8.70. The lowest BCUT2D eigenvalue weighted by Gasteiger charge is -2.16. The normalized spacial score (nSPS) is 24.6. The van der Waals surface area contributed by atoms with Crippen molar-refractivity contribution in [2.45, 2.75) is 25.4 Å². The van der Waals surface area contributed by atoms with E-state index in [1.807, 2.05) is 0 Å². The highest BCUT2D eigenvalue weighted by Gasteiger charge is 2.44. The quantitative estimate of drug-likeness (QED) is 0.650. The van der Waals surface area contributed by atoms with Gasteiger partial charge in [-0.05, 0) is 25.7 Å². The molecule has 1 saturated carbocycles. The molecule has 66 valence electrons. The van der Waals surface area contributed by atoms with Gasteiger partial charge in [-0.1, -0.05) is 0 Å². The first-order valence-electron chi connectivity index (χ1n) is 3.42. The van der Waals surface area contributed by atoms with Crippen molar-refractivity contribution >= 4 is 19.7 Å². The average Bonchev–Trinajstić information content (AvgIpc) is 2.30. The average molecular weight is 201 g/mol. The Labute approximate surface area is 70.2 Å². The molecule has 0 radical (unpaired) electrons. The SMILES string of the molecule is CC(F)(CS(=O)(=O)Cl)C1CC1. The molecule has 0 amide bonds. The van der Waals surface area contributed by atoms with E-state index < -0.39 is 20.5 Å². The standard InChI is InChI=1S/C6H10ClFO2S/c1-6(8,5-2-3-5)4-11(7,9)10/h5H,2-4H2,1H3. The molecule has 0 N–H and O–H groups in total. The van der Waals surface area contributed by atoms with Gasteiger partial charge in [0.15, 0.2) is 0 Å². The van der Waals surface area contributed by atoms with Crippen molar-refractivity contribution in [1.82, 2.24) is 0 Å². The van der Waals surface area contributed by atoms with Crippen molar-refractivity contribution in [2.24, 2.45) is 5.92 Å². The topological polar surface area (TPSA) is 34.1 Å². The van der Waals surface area contributed by atoms with Crippen LogP contribution in [0, 0.1) is 5.92 Å². The summed E-state index contributed by atoms with van der Waals surface area (Å²) in [5, 5.41) is 0. The van der Waals surface area contributed by atoms with Crippen molar-refractivity contribution in [1.29, 1.82) is 0 Å². The fourth-order valence-corrected chi connectivity index (χ4v) is 2.69. The highest BCUT2D eigenvalue weighted by molar-refractivity contribution is 8.13. The third-order valence-corrected chi connectivity index (χ3v) is 3.12. The molecule has 11 heavy (non-hydrogen) atoms. The van der Waals surface area contributed by atoms with Crippen molar-refractivity contribution in [3.8, 4) is 0 Å². The number of halogens is 2. The first-order chi connectivity index (χ1) is 4.81. The predicted octanol–water partition coefficient (Wildman–Crippen LogP) is 1.69. The van der Waals surface area contributed by atoms with Crippen LogP contribution in [0.15, 0.2) is 0 Å². The number of alkyl halides is 1. The summed E-state index contributed by atoms with van der Waals surface area (Å²) in [5.74, 6) is -0.664. The van der Waals surface area contributed by atoms with Crippen molar-refractivity contribution in [3.63, 3.8) is 0 Å². The van der Waals surface area contributed by atoms with Gasteiger partial charge in [-0.25, -0.2) is 12.8 Å². The lowest BCUT2D eigenvalue weighted by atomic mass is 10.1. The highest BCUT2D eigenvalue weighted by Crippen LogP contribution is 2.42. The molecule has 0 aromatic rings. The minimum Gasteiger partial charge on any atom is -0.243 e. The van der Waals surface area contributed by atoms with Gasteiger partial charge in [0.2, 0.25) is 9.05 Å². The molecule has 1 rings (SSSR count). The second-order valence-corrected chi connectivity index (χ2v) is 6.01. The molecule has 0 aromatic carbocycles. The summed E-state index contributed by atoms with van der Waals surface area (Å²) in [6.07, 6.45) is 1.55. The summed E-state index contributed by atoms with van der Waals surface area (Å²) >= 11 is 0. The van der Waals surface area contributed by atoms with Crippen LogP contribution in [0.2, 0.25) is 0 Å². The van der Waals surface area contributed by atoms with Crippen LogP contribution >= 0.6 is 10.7 Å². The molecule has 5 heteroatoms. The van der Waals surface area contributed by atoms with Gasteiger partial charge >= 0.3 is 0 Å². The van der Waals surface area contributed by atoms with E-state index in [2.05, 4.69) is 0 Å². The first-order valence-corrected chi connectivity index (χ1v) is 5.90. The van der Waals surface area contributed by atoms with Gasteiger partial charge in [-0.3, -0.25) is 0 Å². The van der Waals surface area contributed by atoms with E-state index in [4.69, 9.17) is 10.7 Å². The predicted molar refractivity (Wildman–Crippen MR) is 41.9 cm³/mol. The van der Waals surface area contributed by atoms with Gasteiger partial charge in [0, 0.05) is 10.7 Å². The largest absolute Gasteiger partial charge is 0.243 e. The highest BCUT2D eigenvalue weighted by atomic mass is 35.7. The molecule has 0 aromatic heterocycles. The van der Waals surface area contributed by atoms with E-state index in [-0.39, 0.29) is 5.92 Å². The zero-order valence-corrected chi connectivity index (χ0v) is 7.75. The Kier molecular flexibility index (Phi) is 2.18. The second-order valence-electron chi connectivity index (χ2n) is 3.24. The lowest BCUT2D eigenvalue weighted by molar-refractivity contribution is 0.187. The van der Waals surface area contributed by atoms with E-state index in [1.165, 1.54) is 6.92 Å². The lowest BCUT2D eigenvalue weighted by Crippen LogP contribution is -2.29. The minimum absolute atomic E-state index is 0.101.